The molecule has 0 amide bonds. The number of fused-ring (bicyclic) bond motifs is 1. The summed E-state index contributed by atoms with van der Waals surface area (Å²) in [7, 11) is 0. The summed E-state index contributed by atoms with van der Waals surface area (Å²) in [5, 5.41) is 9.77. The van der Waals surface area contributed by atoms with Crippen LogP contribution >= 0.6 is 0 Å². The maximum Gasteiger partial charge on any atom is 0.160 e. The number of hydrogen-bond acceptors (Lipinski definition) is 2. The van der Waals surface area contributed by atoms with Gasteiger partial charge in [0.2, 0.25) is 0 Å². The van der Waals surface area contributed by atoms with Gasteiger partial charge in [-0.1, -0.05) is 19.9 Å². The fraction of sp³-hybridized carbons (Fsp3) is 0.500. The van der Waals surface area contributed by atoms with Gasteiger partial charge < -0.3 is 5.11 Å². The molecule has 0 saturated carbocycles. The van der Waals surface area contributed by atoms with Crippen molar-refractivity contribution in [2.45, 2.75) is 26.4 Å². The van der Waals surface area contributed by atoms with Crippen molar-refractivity contribution in [2.24, 2.45) is 5.41 Å². The minimum Gasteiger partial charge on any atom is -0.388 e. The zero-order valence-corrected chi connectivity index (χ0v) is 7.29. The van der Waals surface area contributed by atoms with Crippen molar-refractivity contribution >= 4 is 5.78 Å². The molecule has 2 aliphatic rings. The monoisotopic (exact) mass is 164 g/mol. The maximum absolute atomic E-state index is 11.0. The predicted molar refractivity (Wildman–Crippen MR) is 45.6 cm³/mol. The van der Waals surface area contributed by atoms with E-state index in [1.165, 1.54) is 0 Å². The first-order valence-corrected chi connectivity index (χ1v) is 4.15. The van der Waals surface area contributed by atoms with E-state index in [1.54, 1.807) is 6.08 Å². The molecule has 2 aliphatic carbocycles. The summed E-state index contributed by atoms with van der Waals surface area (Å²) in [6, 6.07) is 0. The normalized spacial score (nSPS) is 31.6. The SMILES string of the molecule is CC1(C)C=C2CC(=O)C=C2C1O. The molecule has 1 N–H and O–H groups in total. The number of hydrogen-bond donors (Lipinski definition) is 1. The van der Waals surface area contributed by atoms with Crippen molar-refractivity contribution in [1.29, 1.82) is 0 Å². The predicted octanol–water partition coefficient (Wildman–Crippen LogP) is 1.21. The molecular weight excluding hydrogens is 152 g/mol. The Kier molecular flexibility index (Phi) is 1.34. The molecule has 0 saturated heterocycles. The van der Waals surface area contributed by atoms with Gasteiger partial charge in [-0.15, -0.1) is 0 Å². The number of carbonyl (C=O) groups is 1. The van der Waals surface area contributed by atoms with Gasteiger partial charge in [0.25, 0.3) is 0 Å². The lowest BCUT2D eigenvalue weighted by Crippen LogP contribution is -2.23. The summed E-state index contributed by atoms with van der Waals surface area (Å²) in [5.41, 5.74) is 1.67. The number of aliphatic hydroxyl groups excluding tert-OH is 1. The standard InChI is InChI=1S/C10H12O2/c1-10(2)5-6-3-7(11)4-8(6)9(10)12/h4-5,9,12H,3H2,1-2H3. The lowest BCUT2D eigenvalue weighted by atomic mass is 9.89. The van der Waals surface area contributed by atoms with E-state index in [9.17, 15) is 9.90 Å². The fourth-order valence-corrected chi connectivity index (χ4v) is 1.92. The Balaban J connectivity index is 2.44. The van der Waals surface area contributed by atoms with E-state index >= 15 is 0 Å². The Hall–Kier alpha value is -0.890. The molecule has 0 radical (unpaired) electrons. The van der Waals surface area contributed by atoms with E-state index in [4.69, 9.17) is 0 Å². The highest BCUT2D eigenvalue weighted by Gasteiger charge is 2.39. The Morgan fingerprint density at radius 2 is 2.25 bits per heavy atom. The minimum atomic E-state index is -0.487. The molecule has 1 unspecified atom stereocenters. The van der Waals surface area contributed by atoms with Crippen LogP contribution in [0.25, 0.3) is 0 Å². The number of allylic oxidation sites excluding steroid dienone is 1. The maximum atomic E-state index is 11.0. The van der Waals surface area contributed by atoms with Gasteiger partial charge >= 0.3 is 0 Å². The molecule has 12 heavy (non-hydrogen) atoms. The lowest BCUT2D eigenvalue weighted by Gasteiger charge is -2.21. The smallest absolute Gasteiger partial charge is 0.160 e. The van der Waals surface area contributed by atoms with Crippen molar-refractivity contribution in [3.05, 3.63) is 23.3 Å². The van der Waals surface area contributed by atoms with Gasteiger partial charge in [-0.2, -0.15) is 0 Å². The number of rotatable bonds is 0. The minimum absolute atomic E-state index is 0.116. The fourth-order valence-electron chi connectivity index (χ4n) is 1.92. The van der Waals surface area contributed by atoms with E-state index in [0.717, 1.165) is 11.1 Å². The second-order valence-electron chi connectivity index (χ2n) is 4.14. The Bertz CT molecular complexity index is 308. The van der Waals surface area contributed by atoms with E-state index < -0.39 is 6.10 Å². The molecule has 1 atom stereocenters. The molecule has 0 spiro atoms. The van der Waals surface area contributed by atoms with Crippen molar-refractivity contribution in [1.82, 2.24) is 0 Å². The van der Waals surface area contributed by atoms with Crippen molar-refractivity contribution in [2.75, 3.05) is 0 Å². The van der Waals surface area contributed by atoms with Gasteiger partial charge in [-0.05, 0) is 17.2 Å². The first-order valence-electron chi connectivity index (χ1n) is 4.15. The third-order valence-electron chi connectivity index (χ3n) is 2.60. The molecule has 0 aromatic rings. The number of aliphatic hydroxyl groups is 1. The topological polar surface area (TPSA) is 37.3 Å². The first kappa shape index (κ1) is 7.74. The summed E-state index contributed by atoms with van der Waals surface area (Å²) in [4.78, 5) is 11.0. The van der Waals surface area contributed by atoms with Crippen molar-refractivity contribution in [3.63, 3.8) is 0 Å². The summed E-state index contributed by atoms with van der Waals surface area (Å²) >= 11 is 0. The van der Waals surface area contributed by atoms with E-state index in [2.05, 4.69) is 0 Å². The summed E-state index contributed by atoms with van der Waals surface area (Å²) in [6.45, 7) is 3.96. The van der Waals surface area contributed by atoms with Crippen LogP contribution in [0.4, 0.5) is 0 Å². The quantitative estimate of drug-likeness (QED) is 0.584. The molecular formula is C10H12O2. The van der Waals surface area contributed by atoms with E-state index in [1.807, 2.05) is 19.9 Å². The highest BCUT2D eigenvalue weighted by atomic mass is 16.3. The van der Waals surface area contributed by atoms with E-state index in [0.29, 0.717) is 6.42 Å². The third kappa shape index (κ3) is 0.879. The van der Waals surface area contributed by atoms with Crippen molar-refractivity contribution < 1.29 is 9.90 Å². The Morgan fingerprint density at radius 3 is 2.83 bits per heavy atom. The molecule has 0 aliphatic heterocycles. The molecule has 64 valence electrons. The zero-order chi connectivity index (χ0) is 8.93. The molecule has 2 nitrogen and oxygen atoms in total. The van der Waals surface area contributed by atoms with Crippen LogP contribution in [0, 0.1) is 5.41 Å². The Morgan fingerprint density at radius 1 is 1.58 bits per heavy atom. The Labute approximate surface area is 71.6 Å². The number of ketones is 1. The van der Waals surface area contributed by atoms with Gasteiger partial charge in [0.1, 0.15) is 0 Å². The zero-order valence-electron chi connectivity index (χ0n) is 7.29. The molecule has 0 fully saturated rings. The van der Waals surface area contributed by atoms with Gasteiger partial charge in [0.15, 0.2) is 5.78 Å². The highest BCUT2D eigenvalue weighted by molar-refractivity contribution is 5.98. The average molecular weight is 164 g/mol. The van der Waals surface area contributed by atoms with Crippen molar-refractivity contribution in [3.8, 4) is 0 Å². The number of carbonyl (C=O) groups excluding carboxylic acids is 1. The molecule has 0 heterocycles. The van der Waals surface area contributed by atoms with Crippen LogP contribution in [-0.4, -0.2) is 17.0 Å². The molecule has 2 rings (SSSR count). The van der Waals surface area contributed by atoms with Crippen LogP contribution in [0.15, 0.2) is 23.3 Å². The van der Waals surface area contributed by atoms with Crippen LogP contribution in [-0.2, 0) is 4.79 Å². The van der Waals surface area contributed by atoms with Gasteiger partial charge in [0, 0.05) is 11.8 Å². The summed E-state index contributed by atoms with van der Waals surface area (Å²) in [6.07, 6.45) is 3.58. The largest absolute Gasteiger partial charge is 0.388 e. The van der Waals surface area contributed by atoms with Crippen LogP contribution in [0.1, 0.15) is 20.3 Å². The van der Waals surface area contributed by atoms with E-state index in [-0.39, 0.29) is 11.2 Å². The van der Waals surface area contributed by atoms with Gasteiger partial charge in [-0.3, -0.25) is 4.79 Å². The molecule has 0 aromatic heterocycles. The van der Waals surface area contributed by atoms with Crippen LogP contribution in [0.3, 0.4) is 0 Å². The first-order chi connectivity index (χ1) is 5.50. The van der Waals surface area contributed by atoms with Gasteiger partial charge in [0.05, 0.1) is 6.10 Å². The second-order valence-corrected chi connectivity index (χ2v) is 4.14. The molecule has 2 heteroatoms. The van der Waals surface area contributed by atoms with Gasteiger partial charge in [-0.25, -0.2) is 0 Å². The lowest BCUT2D eigenvalue weighted by molar-refractivity contribution is -0.113. The average Bonchev–Trinajstić information content (AvgIpc) is 2.35. The summed E-state index contributed by atoms with van der Waals surface area (Å²) in [5.74, 6) is 0.116. The van der Waals surface area contributed by atoms with Crippen LogP contribution in [0.5, 0.6) is 0 Å². The summed E-state index contributed by atoms with van der Waals surface area (Å²) < 4.78 is 0. The molecule has 0 aromatic carbocycles. The van der Waals surface area contributed by atoms with Crippen LogP contribution in [0.2, 0.25) is 0 Å². The highest BCUT2D eigenvalue weighted by Crippen LogP contribution is 2.43. The second kappa shape index (κ2) is 2.07. The molecule has 0 bridgehead atoms. The third-order valence-corrected chi connectivity index (χ3v) is 2.60. The van der Waals surface area contributed by atoms with Crippen LogP contribution < -0.4 is 0 Å².